The van der Waals surface area contributed by atoms with Gasteiger partial charge in [-0.2, -0.15) is 0 Å². The molecule has 1 aliphatic heterocycles. The molecule has 3 rings (SSSR count). The van der Waals surface area contributed by atoms with Gasteiger partial charge < -0.3 is 5.32 Å². The second kappa shape index (κ2) is 8.13. The lowest BCUT2D eigenvalue weighted by Crippen LogP contribution is -2.54. The largest absolute Gasteiger partial charge is 0.352 e. The summed E-state index contributed by atoms with van der Waals surface area (Å²) in [6.07, 6.45) is 4.83. The predicted octanol–water partition coefficient (Wildman–Crippen LogP) is 2.56. The van der Waals surface area contributed by atoms with Crippen molar-refractivity contribution in [3.05, 3.63) is 35.4 Å². The van der Waals surface area contributed by atoms with Crippen molar-refractivity contribution in [1.82, 2.24) is 15.1 Å². The molecule has 2 fully saturated rings. The van der Waals surface area contributed by atoms with Crippen molar-refractivity contribution in [3.8, 4) is 0 Å². The van der Waals surface area contributed by atoms with E-state index in [4.69, 9.17) is 0 Å². The number of hydrogen-bond donors (Lipinski definition) is 1. The summed E-state index contributed by atoms with van der Waals surface area (Å²) < 4.78 is 0. The van der Waals surface area contributed by atoms with Gasteiger partial charge in [0, 0.05) is 38.8 Å². The number of carbonyl (C=O) groups is 1. The van der Waals surface area contributed by atoms with Gasteiger partial charge in [0.2, 0.25) is 5.91 Å². The monoisotopic (exact) mass is 329 g/mol. The molecule has 1 N–H and O–H groups in total. The summed E-state index contributed by atoms with van der Waals surface area (Å²) in [5.74, 6) is 0.217. The van der Waals surface area contributed by atoms with Crippen LogP contribution in [0.15, 0.2) is 24.3 Å². The van der Waals surface area contributed by atoms with Crippen LogP contribution in [-0.4, -0.2) is 54.0 Å². The van der Waals surface area contributed by atoms with Gasteiger partial charge in [0.25, 0.3) is 0 Å². The molecule has 0 radical (unpaired) electrons. The van der Waals surface area contributed by atoms with E-state index in [9.17, 15) is 4.79 Å². The lowest BCUT2D eigenvalue weighted by molar-refractivity contribution is -0.127. The highest BCUT2D eigenvalue weighted by molar-refractivity contribution is 5.81. The first-order chi connectivity index (χ1) is 11.6. The Kier molecular flexibility index (Phi) is 5.90. The van der Waals surface area contributed by atoms with Crippen LogP contribution < -0.4 is 5.32 Å². The third-order valence-electron chi connectivity index (χ3n) is 5.69. The molecule has 0 aromatic heterocycles. The topological polar surface area (TPSA) is 35.6 Å². The number of aryl methyl sites for hydroxylation is 1. The van der Waals surface area contributed by atoms with E-state index in [1.165, 1.54) is 24.0 Å². The quantitative estimate of drug-likeness (QED) is 0.902. The van der Waals surface area contributed by atoms with Crippen molar-refractivity contribution >= 4 is 5.91 Å². The van der Waals surface area contributed by atoms with Crippen LogP contribution in [0.4, 0.5) is 0 Å². The Labute approximate surface area is 146 Å². The summed E-state index contributed by atoms with van der Waals surface area (Å²) in [7, 11) is 0. The highest BCUT2D eigenvalue weighted by Gasteiger charge is 2.27. The van der Waals surface area contributed by atoms with Gasteiger partial charge in [-0.25, -0.2) is 0 Å². The van der Waals surface area contributed by atoms with Crippen LogP contribution in [0.5, 0.6) is 0 Å². The normalized spacial score (nSPS) is 21.8. The van der Waals surface area contributed by atoms with Gasteiger partial charge in [-0.3, -0.25) is 14.6 Å². The van der Waals surface area contributed by atoms with Crippen molar-refractivity contribution in [2.75, 3.05) is 26.2 Å². The minimum atomic E-state index is -0.00814. The van der Waals surface area contributed by atoms with Crippen molar-refractivity contribution in [1.29, 1.82) is 0 Å². The summed E-state index contributed by atoms with van der Waals surface area (Å²) in [6, 6.07) is 9.03. The van der Waals surface area contributed by atoms with Crippen LogP contribution in [0, 0.1) is 6.92 Å². The molecule has 1 aromatic rings. The molecule has 1 atom stereocenters. The van der Waals surface area contributed by atoms with E-state index in [1.807, 2.05) is 0 Å². The highest BCUT2D eigenvalue weighted by Crippen LogP contribution is 2.18. The van der Waals surface area contributed by atoms with Gasteiger partial charge in [-0.05, 0) is 37.8 Å². The molecule has 132 valence electrons. The summed E-state index contributed by atoms with van der Waals surface area (Å²) in [6.45, 7) is 9.28. The number of piperazine rings is 1. The second-order valence-corrected chi connectivity index (χ2v) is 7.40. The Morgan fingerprint density at radius 2 is 1.83 bits per heavy atom. The predicted molar refractivity (Wildman–Crippen MR) is 97.9 cm³/mol. The molecule has 4 heteroatoms. The fourth-order valence-corrected chi connectivity index (χ4v) is 3.89. The first-order valence-corrected chi connectivity index (χ1v) is 9.45. The Morgan fingerprint density at radius 1 is 1.17 bits per heavy atom. The van der Waals surface area contributed by atoms with Gasteiger partial charge in [0.1, 0.15) is 0 Å². The van der Waals surface area contributed by atoms with E-state index >= 15 is 0 Å². The summed E-state index contributed by atoms with van der Waals surface area (Å²) in [4.78, 5) is 17.3. The van der Waals surface area contributed by atoms with E-state index in [0.717, 1.165) is 45.6 Å². The molecule has 1 saturated carbocycles. The molecular formula is C20H31N3O. The molecule has 24 heavy (non-hydrogen) atoms. The number of rotatable bonds is 5. The fourth-order valence-electron chi connectivity index (χ4n) is 3.89. The molecule has 1 saturated heterocycles. The lowest BCUT2D eigenvalue weighted by Gasteiger charge is -2.37. The van der Waals surface area contributed by atoms with E-state index in [0.29, 0.717) is 6.04 Å². The molecule has 4 nitrogen and oxygen atoms in total. The molecule has 1 aliphatic carbocycles. The van der Waals surface area contributed by atoms with E-state index in [-0.39, 0.29) is 11.9 Å². The number of nitrogens with zero attached hydrogens (tertiary/aromatic N) is 2. The molecule has 2 aliphatic rings. The van der Waals surface area contributed by atoms with Crippen LogP contribution in [0.25, 0.3) is 0 Å². The maximum absolute atomic E-state index is 12.4. The SMILES string of the molecule is Cc1ccccc1CN1CCN(C(C)C(=O)NC2CCCC2)CC1. The first kappa shape index (κ1) is 17.4. The third-order valence-corrected chi connectivity index (χ3v) is 5.69. The van der Waals surface area contributed by atoms with Crippen LogP contribution in [0.1, 0.15) is 43.7 Å². The summed E-state index contributed by atoms with van der Waals surface area (Å²) in [5, 5.41) is 3.24. The van der Waals surface area contributed by atoms with Crippen LogP contribution in [0.3, 0.4) is 0 Å². The number of nitrogens with one attached hydrogen (secondary N) is 1. The number of carbonyl (C=O) groups excluding carboxylic acids is 1. The molecule has 1 heterocycles. The van der Waals surface area contributed by atoms with Crippen molar-refractivity contribution < 1.29 is 4.79 Å². The maximum Gasteiger partial charge on any atom is 0.237 e. The van der Waals surface area contributed by atoms with Crippen LogP contribution in [-0.2, 0) is 11.3 Å². The van der Waals surface area contributed by atoms with E-state index in [1.54, 1.807) is 0 Å². The number of benzene rings is 1. The van der Waals surface area contributed by atoms with Crippen molar-refractivity contribution in [3.63, 3.8) is 0 Å². The van der Waals surface area contributed by atoms with Crippen LogP contribution in [0.2, 0.25) is 0 Å². The Hall–Kier alpha value is -1.39. The number of hydrogen-bond acceptors (Lipinski definition) is 3. The Morgan fingerprint density at radius 3 is 2.50 bits per heavy atom. The average molecular weight is 329 g/mol. The van der Waals surface area contributed by atoms with Crippen molar-refractivity contribution in [2.24, 2.45) is 0 Å². The Bertz CT molecular complexity index is 546. The number of amides is 1. The minimum absolute atomic E-state index is 0.00814. The lowest BCUT2D eigenvalue weighted by atomic mass is 10.1. The molecule has 0 spiro atoms. The third kappa shape index (κ3) is 4.37. The Balaban J connectivity index is 1.45. The van der Waals surface area contributed by atoms with E-state index in [2.05, 4.69) is 53.2 Å². The highest BCUT2D eigenvalue weighted by atomic mass is 16.2. The molecule has 0 bridgehead atoms. The molecule has 1 amide bonds. The fraction of sp³-hybridized carbons (Fsp3) is 0.650. The van der Waals surface area contributed by atoms with Gasteiger partial charge in [0.05, 0.1) is 6.04 Å². The van der Waals surface area contributed by atoms with Gasteiger partial charge in [-0.1, -0.05) is 37.1 Å². The van der Waals surface area contributed by atoms with Gasteiger partial charge >= 0.3 is 0 Å². The summed E-state index contributed by atoms with van der Waals surface area (Å²) in [5.41, 5.74) is 2.78. The zero-order chi connectivity index (χ0) is 16.9. The zero-order valence-electron chi connectivity index (χ0n) is 15.1. The zero-order valence-corrected chi connectivity index (χ0v) is 15.1. The van der Waals surface area contributed by atoms with Gasteiger partial charge in [0.15, 0.2) is 0 Å². The maximum atomic E-state index is 12.4. The summed E-state index contributed by atoms with van der Waals surface area (Å²) >= 11 is 0. The molecule has 1 aromatic carbocycles. The minimum Gasteiger partial charge on any atom is -0.352 e. The average Bonchev–Trinajstić information content (AvgIpc) is 3.10. The molecular weight excluding hydrogens is 298 g/mol. The molecule has 1 unspecified atom stereocenters. The van der Waals surface area contributed by atoms with Crippen LogP contribution >= 0.6 is 0 Å². The first-order valence-electron chi connectivity index (χ1n) is 9.45. The van der Waals surface area contributed by atoms with Gasteiger partial charge in [-0.15, -0.1) is 0 Å². The standard InChI is InChI=1S/C20H31N3O/c1-16-7-3-4-8-18(16)15-22-11-13-23(14-12-22)17(2)20(24)21-19-9-5-6-10-19/h3-4,7-8,17,19H,5-6,9-15H2,1-2H3,(H,21,24). The van der Waals surface area contributed by atoms with Crippen molar-refractivity contribution in [2.45, 2.75) is 58.2 Å². The van der Waals surface area contributed by atoms with E-state index < -0.39 is 0 Å². The smallest absolute Gasteiger partial charge is 0.237 e. The second-order valence-electron chi connectivity index (χ2n) is 7.40.